The number of quaternary nitrogens is 1. The molecule has 0 radical (unpaired) electrons. The van der Waals surface area contributed by atoms with Crippen molar-refractivity contribution in [2.75, 3.05) is 13.2 Å². The van der Waals surface area contributed by atoms with Gasteiger partial charge in [-0.1, -0.05) is 30.3 Å². The third kappa shape index (κ3) is 3.66. The van der Waals surface area contributed by atoms with Crippen LogP contribution in [0, 0.1) is 13.8 Å². The molecule has 1 aromatic heterocycles. The standard InChI is InChI=1S/C20H21NO3/c1-14-8-9-18-16(12-19(22)24-20(18)15(14)2)13-21-10-11-23-17-6-4-3-5-7-17/h3-9,12,21H,10-11,13H2,1-2H3/p+1. The Labute approximate surface area is 141 Å². The molecule has 0 saturated heterocycles. The van der Waals surface area contributed by atoms with Crippen LogP contribution in [0.2, 0.25) is 0 Å². The summed E-state index contributed by atoms with van der Waals surface area (Å²) in [5.41, 5.74) is 3.57. The van der Waals surface area contributed by atoms with Crippen LogP contribution in [-0.2, 0) is 6.54 Å². The summed E-state index contributed by atoms with van der Waals surface area (Å²) in [7, 11) is 0. The minimum Gasteiger partial charge on any atom is -0.488 e. The zero-order valence-corrected chi connectivity index (χ0v) is 14.0. The highest BCUT2D eigenvalue weighted by Crippen LogP contribution is 2.22. The van der Waals surface area contributed by atoms with Crippen molar-refractivity contribution in [3.05, 3.63) is 75.6 Å². The zero-order chi connectivity index (χ0) is 16.9. The number of para-hydroxylation sites is 1. The van der Waals surface area contributed by atoms with Crippen LogP contribution >= 0.6 is 0 Å². The fourth-order valence-electron chi connectivity index (χ4n) is 2.73. The summed E-state index contributed by atoms with van der Waals surface area (Å²) in [6.45, 7) is 6.18. The van der Waals surface area contributed by atoms with E-state index in [-0.39, 0.29) is 5.63 Å². The molecule has 1 heterocycles. The molecule has 0 spiro atoms. The molecule has 0 bridgehead atoms. The predicted molar refractivity (Wildman–Crippen MR) is 94.4 cm³/mol. The number of fused-ring (bicyclic) bond motifs is 1. The van der Waals surface area contributed by atoms with E-state index in [1.165, 1.54) is 0 Å². The van der Waals surface area contributed by atoms with Crippen molar-refractivity contribution in [3.63, 3.8) is 0 Å². The lowest BCUT2D eigenvalue weighted by Crippen LogP contribution is -2.83. The number of rotatable bonds is 6. The van der Waals surface area contributed by atoms with Gasteiger partial charge >= 0.3 is 5.63 Å². The van der Waals surface area contributed by atoms with Crippen LogP contribution in [0.15, 0.2) is 57.7 Å². The maximum Gasteiger partial charge on any atom is 0.336 e. The fourth-order valence-corrected chi connectivity index (χ4v) is 2.73. The molecule has 0 fully saturated rings. The Morgan fingerprint density at radius 2 is 1.88 bits per heavy atom. The fraction of sp³-hybridized carbons (Fsp3) is 0.250. The first kappa shape index (κ1) is 16.3. The van der Waals surface area contributed by atoms with Crippen LogP contribution in [0.3, 0.4) is 0 Å². The molecule has 0 unspecified atom stereocenters. The summed E-state index contributed by atoms with van der Waals surface area (Å²) in [5, 5.41) is 3.16. The van der Waals surface area contributed by atoms with Gasteiger partial charge in [-0.3, -0.25) is 0 Å². The van der Waals surface area contributed by atoms with Crippen molar-refractivity contribution in [2.24, 2.45) is 0 Å². The van der Waals surface area contributed by atoms with E-state index in [0.717, 1.165) is 40.9 Å². The second-order valence-corrected chi connectivity index (χ2v) is 5.92. The molecule has 2 N–H and O–H groups in total. The molecule has 0 amide bonds. The van der Waals surface area contributed by atoms with Crippen molar-refractivity contribution in [2.45, 2.75) is 20.4 Å². The highest BCUT2D eigenvalue weighted by molar-refractivity contribution is 5.83. The van der Waals surface area contributed by atoms with Crippen molar-refractivity contribution in [1.29, 1.82) is 0 Å². The van der Waals surface area contributed by atoms with E-state index in [0.29, 0.717) is 12.2 Å². The molecule has 0 atom stereocenters. The van der Waals surface area contributed by atoms with E-state index < -0.39 is 0 Å². The van der Waals surface area contributed by atoms with Gasteiger partial charge in [-0.15, -0.1) is 0 Å². The van der Waals surface area contributed by atoms with Crippen molar-refractivity contribution < 1.29 is 14.5 Å². The lowest BCUT2D eigenvalue weighted by Gasteiger charge is -2.09. The summed E-state index contributed by atoms with van der Waals surface area (Å²) in [5.74, 6) is 0.878. The van der Waals surface area contributed by atoms with Gasteiger partial charge in [0.05, 0.1) is 0 Å². The molecule has 0 aliphatic rings. The second-order valence-electron chi connectivity index (χ2n) is 5.92. The average Bonchev–Trinajstić information content (AvgIpc) is 2.59. The Hall–Kier alpha value is -2.59. The van der Waals surface area contributed by atoms with E-state index >= 15 is 0 Å². The number of hydrogen-bond donors (Lipinski definition) is 1. The van der Waals surface area contributed by atoms with Gasteiger partial charge < -0.3 is 14.5 Å². The average molecular weight is 324 g/mol. The number of ether oxygens (including phenoxy) is 1. The summed E-state index contributed by atoms with van der Waals surface area (Å²) in [6, 6.07) is 15.5. The Morgan fingerprint density at radius 3 is 2.67 bits per heavy atom. The Morgan fingerprint density at radius 1 is 1.08 bits per heavy atom. The first-order chi connectivity index (χ1) is 11.6. The third-order valence-electron chi connectivity index (χ3n) is 4.22. The number of hydrogen-bond acceptors (Lipinski definition) is 3. The van der Waals surface area contributed by atoms with E-state index in [2.05, 4.69) is 11.4 Å². The molecule has 24 heavy (non-hydrogen) atoms. The topological polar surface area (TPSA) is 56.0 Å². The quantitative estimate of drug-likeness (QED) is 0.560. The molecule has 2 aromatic carbocycles. The van der Waals surface area contributed by atoms with Gasteiger partial charge in [0, 0.05) is 17.0 Å². The number of nitrogens with two attached hydrogens (primary N) is 1. The molecule has 3 aromatic rings. The SMILES string of the molecule is Cc1ccc2c(C[NH2+]CCOc3ccccc3)cc(=O)oc2c1C. The van der Waals surface area contributed by atoms with Gasteiger partial charge in [0.2, 0.25) is 0 Å². The minimum absolute atomic E-state index is 0.292. The van der Waals surface area contributed by atoms with E-state index in [1.807, 2.05) is 50.2 Å². The normalized spacial score (nSPS) is 10.9. The van der Waals surface area contributed by atoms with Gasteiger partial charge in [-0.25, -0.2) is 4.79 Å². The van der Waals surface area contributed by atoms with Crippen molar-refractivity contribution >= 4 is 11.0 Å². The summed E-state index contributed by atoms with van der Waals surface area (Å²) < 4.78 is 11.1. The molecular weight excluding hydrogens is 302 g/mol. The first-order valence-corrected chi connectivity index (χ1v) is 8.17. The number of aryl methyl sites for hydroxylation is 2. The molecule has 124 valence electrons. The highest BCUT2D eigenvalue weighted by Gasteiger charge is 2.10. The lowest BCUT2D eigenvalue weighted by atomic mass is 10.0. The highest BCUT2D eigenvalue weighted by atomic mass is 16.5. The van der Waals surface area contributed by atoms with Crippen LogP contribution < -0.4 is 15.7 Å². The van der Waals surface area contributed by atoms with Gasteiger partial charge in [0.25, 0.3) is 0 Å². The first-order valence-electron chi connectivity index (χ1n) is 8.17. The molecule has 4 nitrogen and oxygen atoms in total. The maximum atomic E-state index is 11.8. The van der Waals surface area contributed by atoms with E-state index in [4.69, 9.17) is 9.15 Å². The second kappa shape index (κ2) is 7.32. The minimum atomic E-state index is -0.292. The molecule has 0 aliphatic heterocycles. The Balaban J connectivity index is 1.65. The van der Waals surface area contributed by atoms with Crippen molar-refractivity contribution in [3.8, 4) is 5.75 Å². The third-order valence-corrected chi connectivity index (χ3v) is 4.22. The van der Waals surface area contributed by atoms with E-state index in [1.54, 1.807) is 6.07 Å². The maximum absolute atomic E-state index is 11.8. The monoisotopic (exact) mass is 324 g/mol. The molecule has 3 rings (SSSR count). The van der Waals surface area contributed by atoms with Crippen molar-refractivity contribution in [1.82, 2.24) is 0 Å². The van der Waals surface area contributed by atoms with Crippen LogP contribution in [0.4, 0.5) is 0 Å². The summed E-state index contributed by atoms with van der Waals surface area (Å²) in [6.07, 6.45) is 0. The van der Waals surface area contributed by atoms with Gasteiger partial charge in [-0.05, 0) is 37.1 Å². The predicted octanol–water partition coefficient (Wildman–Crippen LogP) is 2.55. The lowest BCUT2D eigenvalue weighted by molar-refractivity contribution is -0.671. The summed E-state index contributed by atoms with van der Waals surface area (Å²) in [4.78, 5) is 11.8. The smallest absolute Gasteiger partial charge is 0.336 e. The van der Waals surface area contributed by atoms with Crippen LogP contribution in [0.5, 0.6) is 5.75 Å². The largest absolute Gasteiger partial charge is 0.488 e. The van der Waals surface area contributed by atoms with Crippen LogP contribution in [0.25, 0.3) is 11.0 Å². The number of benzene rings is 2. The molecule has 4 heteroatoms. The molecule has 0 aliphatic carbocycles. The summed E-state index contributed by atoms with van der Waals surface area (Å²) >= 11 is 0. The molecular formula is C20H22NO3+. The van der Waals surface area contributed by atoms with Gasteiger partial charge in [0.1, 0.15) is 31.0 Å². The van der Waals surface area contributed by atoms with Gasteiger partial charge in [0.15, 0.2) is 0 Å². The van der Waals surface area contributed by atoms with Gasteiger partial charge in [-0.2, -0.15) is 0 Å². The van der Waals surface area contributed by atoms with E-state index in [9.17, 15) is 4.79 Å². The van der Waals surface area contributed by atoms with Crippen LogP contribution in [-0.4, -0.2) is 13.2 Å². The Bertz CT molecular complexity index is 885. The van der Waals surface area contributed by atoms with Crippen LogP contribution in [0.1, 0.15) is 16.7 Å². The zero-order valence-electron chi connectivity index (χ0n) is 14.0. The Kier molecular flexibility index (Phi) is 4.96. The molecule has 0 saturated carbocycles.